The second-order valence-corrected chi connectivity index (χ2v) is 4.47. The smallest absolute Gasteiger partial charge is 0.0402 e. The molecule has 0 radical (unpaired) electrons. The van der Waals surface area contributed by atoms with Crippen molar-refractivity contribution in [2.45, 2.75) is 52.5 Å². The molecule has 0 aromatic heterocycles. The minimum Gasteiger partial charge on any atom is -0.103 e. The Kier molecular flexibility index (Phi) is 8.36. The molecule has 0 rings (SSSR count). The molecule has 0 spiro atoms. The summed E-state index contributed by atoms with van der Waals surface area (Å²) in [5.41, 5.74) is 9.87. The maximum Gasteiger partial charge on any atom is 0.0402 e. The Labute approximate surface area is 98.9 Å². The molecule has 16 heavy (non-hydrogen) atoms. The van der Waals surface area contributed by atoms with Crippen LogP contribution in [0.5, 0.6) is 0 Å². The summed E-state index contributed by atoms with van der Waals surface area (Å²) in [4.78, 5) is 2.93. The molecular formula is C13H23N3. The molecule has 0 unspecified atom stereocenters. The summed E-state index contributed by atoms with van der Waals surface area (Å²) in [6, 6.07) is 0.105. The third-order valence-electron chi connectivity index (χ3n) is 2.70. The molecule has 3 heteroatoms. The lowest BCUT2D eigenvalue weighted by molar-refractivity contribution is 0.410. The van der Waals surface area contributed by atoms with Gasteiger partial charge < -0.3 is 0 Å². The Morgan fingerprint density at radius 3 is 2.56 bits per heavy atom. The van der Waals surface area contributed by atoms with Gasteiger partial charge in [0.15, 0.2) is 0 Å². The lowest BCUT2D eigenvalue weighted by Gasteiger charge is -2.18. The van der Waals surface area contributed by atoms with E-state index in [2.05, 4.69) is 43.5 Å². The Balaban J connectivity index is 4.15. The fourth-order valence-electron chi connectivity index (χ4n) is 1.64. The van der Waals surface area contributed by atoms with Crippen LogP contribution in [0.15, 0.2) is 29.4 Å². The standard InChI is InChI=1S/C13H23N3/c1-5-6-10-13(15-16-14)12(4)9-7-8-11(2)3/h5,8,12-13H,1,6-7,9-10H2,2-4H3/t12-,13+/m1/s1. The van der Waals surface area contributed by atoms with E-state index in [1.807, 2.05) is 6.08 Å². The van der Waals surface area contributed by atoms with Crippen LogP contribution in [0.3, 0.4) is 0 Å². The van der Waals surface area contributed by atoms with Crippen LogP contribution in [0.4, 0.5) is 0 Å². The fourth-order valence-corrected chi connectivity index (χ4v) is 1.64. The number of allylic oxidation sites excluding steroid dienone is 3. The molecule has 0 heterocycles. The van der Waals surface area contributed by atoms with Gasteiger partial charge in [-0.25, -0.2) is 0 Å². The number of hydrogen-bond acceptors (Lipinski definition) is 1. The summed E-state index contributed by atoms with van der Waals surface area (Å²) in [6.07, 6.45) is 8.07. The third-order valence-corrected chi connectivity index (χ3v) is 2.70. The summed E-state index contributed by atoms with van der Waals surface area (Å²) in [7, 11) is 0. The molecule has 3 nitrogen and oxygen atoms in total. The normalized spacial score (nSPS) is 13.4. The van der Waals surface area contributed by atoms with Gasteiger partial charge in [-0.1, -0.05) is 29.8 Å². The van der Waals surface area contributed by atoms with Crippen molar-refractivity contribution in [3.05, 3.63) is 34.7 Å². The highest BCUT2D eigenvalue weighted by Gasteiger charge is 2.13. The molecule has 0 aliphatic heterocycles. The van der Waals surface area contributed by atoms with Crippen LogP contribution in [0.1, 0.15) is 46.5 Å². The zero-order valence-corrected chi connectivity index (χ0v) is 10.7. The quantitative estimate of drug-likeness (QED) is 0.239. The average Bonchev–Trinajstić information content (AvgIpc) is 2.23. The Morgan fingerprint density at radius 2 is 2.06 bits per heavy atom. The maximum atomic E-state index is 8.52. The highest BCUT2D eigenvalue weighted by Crippen LogP contribution is 2.19. The summed E-state index contributed by atoms with van der Waals surface area (Å²) >= 11 is 0. The van der Waals surface area contributed by atoms with Crippen molar-refractivity contribution >= 4 is 0 Å². The van der Waals surface area contributed by atoms with E-state index >= 15 is 0 Å². The molecule has 0 fully saturated rings. The zero-order valence-electron chi connectivity index (χ0n) is 10.7. The molecule has 0 saturated carbocycles. The van der Waals surface area contributed by atoms with Crippen LogP contribution in [0.2, 0.25) is 0 Å². The molecule has 0 aromatic carbocycles. The number of hydrogen-bond donors (Lipinski definition) is 0. The number of nitrogens with zero attached hydrogens (tertiary/aromatic N) is 3. The highest BCUT2D eigenvalue weighted by molar-refractivity contribution is 4.93. The minimum atomic E-state index is 0.105. The summed E-state index contributed by atoms with van der Waals surface area (Å²) in [6.45, 7) is 10.1. The number of rotatable bonds is 8. The van der Waals surface area contributed by atoms with E-state index in [-0.39, 0.29) is 6.04 Å². The van der Waals surface area contributed by atoms with E-state index in [1.54, 1.807) is 0 Å². The van der Waals surface area contributed by atoms with E-state index in [9.17, 15) is 0 Å². The van der Waals surface area contributed by atoms with Gasteiger partial charge in [0.1, 0.15) is 0 Å². The average molecular weight is 221 g/mol. The zero-order chi connectivity index (χ0) is 12.4. The molecule has 0 N–H and O–H groups in total. The van der Waals surface area contributed by atoms with Gasteiger partial charge in [-0.2, -0.15) is 0 Å². The second-order valence-electron chi connectivity index (χ2n) is 4.47. The van der Waals surface area contributed by atoms with Crippen molar-refractivity contribution in [2.24, 2.45) is 11.0 Å². The summed E-state index contributed by atoms with van der Waals surface area (Å²) in [5.74, 6) is 0.437. The summed E-state index contributed by atoms with van der Waals surface area (Å²) < 4.78 is 0. The van der Waals surface area contributed by atoms with Crippen LogP contribution in [0, 0.1) is 5.92 Å². The van der Waals surface area contributed by atoms with E-state index in [1.165, 1.54) is 5.57 Å². The first-order valence-electron chi connectivity index (χ1n) is 5.90. The largest absolute Gasteiger partial charge is 0.103 e. The van der Waals surface area contributed by atoms with Gasteiger partial charge in [0, 0.05) is 11.0 Å². The van der Waals surface area contributed by atoms with Crippen LogP contribution in [0.25, 0.3) is 10.4 Å². The predicted molar refractivity (Wildman–Crippen MR) is 70.2 cm³/mol. The Bertz CT molecular complexity index is 271. The first kappa shape index (κ1) is 14.8. The Morgan fingerprint density at radius 1 is 1.38 bits per heavy atom. The Hall–Kier alpha value is -1.21. The number of azide groups is 1. The van der Waals surface area contributed by atoms with E-state index in [0.717, 1.165) is 25.7 Å². The van der Waals surface area contributed by atoms with Gasteiger partial charge in [0.2, 0.25) is 0 Å². The molecule has 0 aliphatic carbocycles. The van der Waals surface area contributed by atoms with Crippen molar-refractivity contribution in [1.29, 1.82) is 0 Å². The van der Waals surface area contributed by atoms with Crippen LogP contribution in [-0.4, -0.2) is 6.04 Å². The van der Waals surface area contributed by atoms with E-state index in [4.69, 9.17) is 5.53 Å². The van der Waals surface area contributed by atoms with Gasteiger partial charge in [0.05, 0.1) is 0 Å². The second kappa shape index (κ2) is 9.05. The van der Waals surface area contributed by atoms with Crippen LogP contribution < -0.4 is 0 Å². The van der Waals surface area contributed by atoms with Gasteiger partial charge in [-0.05, 0) is 51.0 Å². The molecule has 0 aliphatic rings. The van der Waals surface area contributed by atoms with E-state index in [0.29, 0.717) is 5.92 Å². The molecule has 90 valence electrons. The van der Waals surface area contributed by atoms with Crippen molar-refractivity contribution in [2.75, 3.05) is 0 Å². The molecule has 0 saturated heterocycles. The topological polar surface area (TPSA) is 48.8 Å². The van der Waals surface area contributed by atoms with Crippen molar-refractivity contribution < 1.29 is 0 Å². The molecule has 0 bridgehead atoms. The van der Waals surface area contributed by atoms with E-state index < -0.39 is 0 Å². The third kappa shape index (κ3) is 7.13. The van der Waals surface area contributed by atoms with Gasteiger partial charge in [0.25, 0.3) is 0 Å². The summed E-state index contributed by atoms with van der Waals surface area (Å²) in [5, 5.41) is 3.87. The fraction of sp³-hybridized carbons (Fsp3) is 0.692. The van der Waals surface area contributed by atoms with Gasteiger partial charge >= 0.3 is 0 Å². The van der Waals surface area contributed by atoms with Crippen LogP contribution in [-0.2, 0) is 0 Å². The monoisotopic (exact) mass is 221 g/mol. The van der Waals surface area contributed by atoms with Crippen molar-refractivity contribution in [3.8, 4) is 0 Å². The maximum absolute atomic E-state index is 8.52. The lowest BCUT2D eigenvalue weighted by atomic mass is 9.93. The SMILES string of the molecule is C=CCC[C@H](N=[N+]=[N-])[C@H](C)CCC=C(C)C. The van der Waals surface area contributed by atoms with Crippen LogP contribution >= 0.6 is 0 Å². The molecule has 2 atom stereocenters. The highest BCUT2D eigenvalue weighted by atomic mass is 15.1. The molecular weight excluding hydrogens is 198 g/mol. The lowest BCUT2D eigenvalue weighted by Crippen LogP contribution is -2.14. The molecule has 0 aromatic rings. The first-order valence-corrected chi connectivity index (χ1v) is 5.90. The minimum absolute atomic E-state index is 0.105. The van der Waals surface area contributed by atoms with Gasteiger partial charge in [-0.3, -0.25) is 0 Å². The predicted octanol–water partition coefficient (Wildman–Crippen LogP) is 5.01. The van der Waals surface area contributed by atoms with Crippen molar-refractivity contribution in [3.63, 3.8) is 0 Å². The first-order chi connectivity index (χ1) is 7.61. The van der Waals surface area contributed by atoms with Crippen molar-refractivity contribution in [1.82, 2.24) is 0 Å². The molecule has 0 amide bonds. The van der Waals surface area contributed by atoms with Gasteiger partial charge in [-0.15, -0.1) is 6.58 Å².